The van der Waals surface area contributed by atoms with E-state index in [-0.39, 0.29) is 0 Å². The number of rotatable bonds is 1. The molecule has 0 radical (unpaired) electrons. The van der Waals surface area contributed by atoms with E-state index in [1.807, 2.05) is 18.2 Å². The van der Waals surface area contributed by atoms with Gasteiger partial charge in [0.1, 0.15) is 5.75 Å². The quantitative estimate of drug-likeness (QED) is 0.521. The van der Waals surface area contributed by atoms with Crippen LogP contribution in [0.1, 0.15) is 0 Å². The van der Waals surface area contributed by atoms with Crippen molar-refractivity contribution in [2.24, 2.45) is 7.05 Å². The highest BCUT2D eigenvalue weighted by Crippen LogP contribution is 2.34. The fourth-order valence-electron chi connectivity index (χ4n) is 2.89. The van der Waals surface area contributed by atoms with Crippen molar-refractivity contribution in [1.82, 2.24) is 9.55 Å². The van der Waals surface area contributed by atoms with E-state index in [1.165, 1.54) is 16.6 Å². The molecule has 4 rings (SSSR count). The van der Waals surface area contributed by atoms with Gasteiger partial charge in [-0.1, -0.05) is 18.2 Å². The molecule has 0 amide bonds. The minimum atomic E-state index is 0.868. The van der Waals surface area contributed by atoms with Crippen molar-refractivity contribution in [3.05, 3.63) is 48.5 Å². The van der Waals surface area contributed by atoms with Crippen LogP contribution >= 0.6 is 0 Å². The van der Waals surface area contributed by atoms with Gasteiger partial charge in [0.25, 0.3) is 0 Å². The molecule has 2 aromatic rings. The van der Waals surface area contributed by atoms with Gasteiger partial charge >= 0.3 is 0 Å². The van der Waals surface area contributed by atoms with E-state index >= 15 is 0 Å². The average Bonchev–Trinajstić information content (AvgIpc) is 2.85. The second-order valence-electron chi connectivity index (χ2n) is 4.99. The zero-order valence-corrected chi connectivity index (χ0v) is 11.4. The molecule has 2 heterocycles. The third-order valence-corrected chi connectivity index (χ3v) is 3.87. The number of aryl methyl sites for hydroxylation is 1. The number of methoxy groups -OCH3 is 1. The zero-order chi connectivity index (χ0) is 13.7. The van der Waals surface area contributed by atoms with Gasteiger partial charge in [-0.25, -0.2) is 4.98 Å². The third-order valence-electron chi connectivity index (χ3n) is 3.87. The maximum absolute atomic E-state index is 5.30. The minimum Gasteiger partial charge on any atom is -0.497 e. The van der Waals surface area contributed by atoms with Crippen molar-refractivity contribution in [2.45, 2.75) is 0 Å². The van der Waals surface area contributed by atoms with Crippen molar-refractivity contribution >= 4 is 21.8 Å². The number of hydrogen-bond acceptors (Lipinski definition) is 2. The Morgan fingerprint density at radius 3 is 2.75 bits per heavy atom. The lowest BCUT2D eigenvalue weighted by Gasteiger charge is -2.13. The fourth-order valence-corrected chi connectivity index (χ4v) is 2.89. The Kier molecular flexibility index (Phi) is 2.24. The van der Waals surface area contributed by atoms with Crippen LogP contribution in [-0.4, -0.2) is 16.7 Å². The standard InChI is InChI=1S/C17H14N2O/c1-19-16-8-7-12(20-2)9-11(16)10-15-17(19)13-5-3-4-6-14(13)18-15/h3-10H,1-2H3. The lowest BCUT2D eigenvalue weighted by atomic mass is 10.1. The van der Waals surface area contributed by atoms with Gasteiger partial charge in [-0.05, 0) is 30.3 Å². The molecule has 3 heteroatoms. The first-order valence-corrected chi connectivity index (χ1v) is 6.60. The summed E-state index contributed by atoms with van der Waals surface area (Å²) in [5.74, 6) is 0.868. The van der Waals surface area contributed by atoms with Crippen LogP contribution in [0.4, 0.5) is 0 Å². The molecule has 0 bridgehead atoms. The Hall–Kier alpha value is -2.55. The van der Waals surface area contributed by atoms with Crippen LogP contribution in [-0.2, 0) is 7.05 Å². The first-order chi connectivity index (χ1) is 9.78. The van der Waals surface area contributed by atoms with Gasteiger partial charge < -0.3 is 9.30 Å². The van der Waals surface area contributed by atoms with Gasteiger partial charge in [0.2, 0.25) is 0 Å². The molecule has 0 saturated carbocycles. The molecule has 0 saturated heterocycles. The molecule has 3 nitrogen and oxygen atoms in total. The molecular weight excluding hydrogens is 248 g/mol. The summed E-state index contributed by atoms with van der Waals surface area (Å²) < 4.78 is 7.51. The molecule has 0 atom stereocenters. The number of fused-ring (bicyclic) bond motifs is 4. The smallest absolute Gasteiger partial charge is 0.119 e. The fraction of sp³-hybridized carbons (Fsp3) is 0.118. The van der Waals surface area contributed by atoms with Crippen LogP contribution in [0.15, 0.2) is 48.5 Å². The van der Waals surface area contributed by atoms with Crippen molar-refractivity contribution in [3.63, 3.8) is 0 Å². The maximum Gasteiger partial charge on any atom is 0.119 e. The number of pyridine rings is 1. The second kappa shape index (κ2) is 3.97. The number of nitrogens with zero attached hydrogens (tertiary/aromatic N) is 2. The molecule has 2 aliphatic heterocycles. The Bertz CT molecular complexity index is 908. The second-order valence-corrected chi connectivity index (χ2v) is 4.99. The molecule has 2 aromatic carbocycles. The summed E-state index contributed by atoms with van der Waals surface area (Å²) in [6.07, 6.45) is 0. The van der Waals surface area contributed by atoms with Crippen LogP contribution in [0, 0.1) is 0 Å². The molecule has 98 valence electrons. The summed E-state index contributed by atoms with van der Waals surface area (Å²) in [7, 11) is 3.78. The van der Waals surface area contributed by atoms with Crippen LogP contribution in [0.5, 0.6) is 5.75 Å². The first-order valence-electron chi connectivity index (χ1n) is 6.60. The van der Waals surface area contributed by atoms with Gasteiger partial charge in [-0.2, -0.15) is 0 Å². The molecule has 0 aliphatic carbocycles. The molecule has 0 spiro atoms. The van der Waals surface area contributed by atoms with Crippen molar-refractivity contribution in [2.75, 3.05) is 7.11 Å². The lowest BCUT2D eigenvalue weighted by Crippen LogP contribution is -1.99. The summed E-state index contributed by atoms with van der Waals surface area (Å²) in [4.78, 5) is 4.72. The molecule has 20 heavy (non-hydrogen) atoms. The van der Waals surface area contributed by atoms with Gasteiger partial charge in [0.15, 0.2) is 0 Å². The molecule has 0 N–H and O–H groups in total. The maximum atomic E-state index is 5.30. The van der Waals surface area contributed by atoms with E-state index < -0.39 is 0 Å². The lowest BCUT2D eigenvalue weighted by molar-refractivity contribution is 0.415. The predicted octanol–water partition coefficient (Wildman–Crippen LogP) is 3.84. The molecule has 0 unspecified atom stereocenters. The number of benzene rings is 2. The highest BCUT2D eigenvalue weighted by atomic mass is 16.5. The normalized spacial score (nSPS) is 11.5. The van der Waals surface area contributed by atoms with Gasteiger partial charge in [0, 0.05) is 23.3 Å². The number of para-hydroxylation sites is 1. The molecular formula is C17H14N2O. The van der Waals surface area contributed by atoms with E-state index in [1.54, 1.807) is 7.11 Å². The Labute approximate surface area is 116 Å². The number of ether oxygens (including phenoxy) is 1. The SMILES string of the molecule is COc1ccc2c(c1)cc1nc3ccccc3c-1n2C. The Morgan fingerprint density at radius 1 is 1.05 bits per heavy atom. The van der Waals surface area contributed by atoms with Crippen LogP contribution in [0.3, 0.4) is 0 Å². The molecule has 0 fully saturated rings. The number of aromatic nitrogens is 2. The van der Waals surface area contributed by atoms with Crippen LogP contribution in [0.25, 0.3) is 33.2 Å². The van der Waals surface area contributed by atoms with Crippen LogP contribution in [0.2, 0.25) is 0 Å². The largest absolute Gasteiger partial charge is 0.497 e. The van der Waals surface area contributed by atoms with E-state index in [0.29, 0.717) is 0 Å². The molecule has 0 aromatic heterocycles. The monoisotopic (exact) mass is 262 g/mol. The van der Waals surface area contributed by atoms with E-state index in [2.05, 4.69) is 41.9 Å². The predicted molar refractivity (Wildman–Crippen MR) is 81.4 cm³/mol. The van der Waals surface area contributed by atoms with Crippen LogP contribution < -0.4 is 4.74 Å². The summed E-state index contributed by atoms with van der Waals surface area (Å²) in [5.41, 5.74) is 4.42. The number of hydrogen-bond donors (Lipinski definition) is 0. The minimum absolute atomic E-state index is 0.868. The highest BCUT2D eigenvalue weighted by molar-refractivity contribution is 6.00. The van der Waals surface area contributed by atoms with Gasteiger partial charge in [-0.15, -0.1) is 0 Å². The van der Waals surface area contributed by atoms with Crippen molar-refractivity contribution in [3.8, 4) is 17.1 Å². The zero-order valence-electron chi connectivity index (χ0n) is 11.4. The van der Waals surface area contributed by atoms with E-state index in [0.717, 1.165) is 22.3 Å². The summed E-state index contributed by atoms with van der Waals surface area (Å²) >= 11 is 0. The first kappa shape index (κ1) is 11.3. The van der Waals surface area contributed by atoms with Gasteiger partial charge in [-0.3, -0.25) is 0 Å². The Balaban J connectivity index is 2.19. The topological polar surface area (TPSA) is 27.1 Å². The van der Waals surface area contributed by atoms with Gasteiger partial charge in [0.05, 0.1) is 24.0 Å². The van der Waals surface area contributed by atoms with E-state index in [9.17, 15) is 0 Å². The average molecular weight is 262 g/mol. The van der Waals surface area contributed by atoms with Crippen molar-refractivity contribution < 1.29 is 4.74 Å². The van der Waals surface area contributed by atoms with Crippen molar-refractivity contribution in [1.29, 1.82) is 0 Å². The summed E-state index contributed by atoms with van der Waals surface area (Å²) in [5, 5.41) is 2.34. The Morgan fingerprint density at radius 2 is 1.90 bits per heavy atom. The third kappa shape index (κ3) is 1.43. The summed E-state index contributed by atoms with van der Waals surface area (Å²) in [6, 6.07) is 16.5. The summed E-state index contributed by atoms with van der Waals surface area (Å²) in [6.45, 7) is 0. The van der Waals surface area contributed by atoms with E-state index in [4.69, 9.17) is 9.72 Å². The highest BCUT2D eigenvalue weighted by Gasteiger charge is 2.16. The molecule has 2 aliphatic rings.